The molecule has 2 aromatic rings. The van der Waals surface area contributed by atoms with E-state index < -0.39 is 0 Å². The highest BCUT2D eigenvalue weighted by Crippen LogP contribution is 2.24. The van der Waals surface area contributed by atoms with Crippen molar-refractivity contribution < 1.29 is 14.3 Å². The van der Waals surface area contributed by atoms with Gasteiger partial charge in [-0.3, -0.25) is 4.79 Å². The van der Waals surface area contributed by atoms with Crippen LogP contribution >= 0.6 is 0 Å². The van der Waals surface area contributed by atoms with E-state index in [1.807, 2.05) is 30.3 Å². The van der Waals surface area contributed by atoms with Crippen molar-refractivity contribution in [2.75, 3.05) is 20.8 Å². The van der Waals surface area contributed by atoms with Crippen molar-refractivity contribution >= 4 is 5.91 Å². The molecule has 21 heavy (non-hydrogen) atoms. The van der Waals surface area contributed by atoms with E-state index >= 15 is 0 Å². The number of methoxy groups -OCH3 is 2. The number of carbonyl (C=O) groups excluding carboxylic acids is 1. The lowest BCUT2D eigenvalue weighted by Crippen LogP contribution is -2.26. The third kappa shape index (κ3) is 3.99. The van der Waals surface area contributed by atoms with Crippen LogP contribution in [-0.2, 0) is 6.42 Å². The van der Waals surface area contributed by atoms with Gasteiger partial charge in [0.05, 0.1) is 19.8 Å². The molecule has 0 saturated carbocycles. The number of hydrogen-bond donors (Lipinski definition) is 1. The lowest BCUT2D eigenvalue weighted by molar-refractivity contribution is 0.0951. The predicted octanol–water partition coefficient (Wildman–Crippen LogP) is 2.68. The van der Waals surface area contributed by atoms with Gasteiger partial charge < -0.3 is 14.8 Å². The summed E-state index contributed by atoms with van der Waals surface area (Å²) in [7, 11) is 3.11. The van der Waals surface area contributed by atoms with Crippen molar-refractivity contribution in [3.63, 3.8) is 0 Å². The number of amides is 1. The average Bonchev–Trinajstić information content (AvgIpc) is 2.55. The summed E-state index contributed by atoms with van der Waals surface area (Å²) in [5.74, 6) is 1.02. The first kappa shape index (κ1) is 14.9. The second kappa shape index (κ2) is 7.33. The van der Waals surface area contributed by atoms with Gasteiger partial charge in [0.2, 0.25) is 0 Å². The van der Waals surface area contributed by atoms with Crippen molar-refractivity contribution in [2.45, 2.75) is 6.42 Å². The van der Waals surface area contributed by atoms with E-state index in [0.717, 1.165) is 6.42 Å². The Labute approximate surface area is 124 Å². The summed E-state index contributed by atoms with van der Waals surface area (Å²) >= 11 is 0. The van der Waals surface area contributed by atoms with Crippen LogP contribution in [0.4, 0.5) is 0 Å². The summed E-state index contributed by atoms with van der Waals surface area (Å²) < 4.78 is 10.4. The first-order chi connectivity index (χ1) is 10.2. The second-order valence-electron chi connectivity index (χ2n) is 4.56. The first-order valence-electron chi connectivity index (χ1n) is 6.78. The molecule has 0 atom stereocenters. The fourth-order valence-electron chi connectivity index (χ4n) is 2.05. The number of rotatable bonds is 6. The largest absolute Gasteiger partial charge is 0.497 e. The van der Waals surface area contributed by atoms with Crippen molar-refractivity contribution in [1.29, 1.82) is 0 Å². The average molecular weight is 285 g/mol. The Morgan fingerprint density at radius 2 is 1.81 bits per heavy atom. The van der Waals surface area contributed by atoms with Crippen LogP contribution in [0.5, 0.6) is 11.5 Å². The number of nitrogens with one attached hydrogen (secondary N) is 1. The van der Waals surface area contributed by atoms with Crippen LogP contribution in [-0.4, -0.2) is 26.7 Å². The van der Waals surface area contributed by atoms with Gasteiger partial charge in [0.25, 0.3) is 5.91 Å². The number of benzene rings is 2. The number of carbonyl (C=O) groups is 1. The molecule has 0 saturated heterocycles. The van der Waals surface area contributed by atoms with Crippen LogP contribution < -0.4 is 14.8 Å². The van der Waals surface area contributed by atoms with Gasteiger partial charge in [-0.05, 0) is 24.1 Å². The molecule has 0 heterocycles. The summed E-state index contributed by atoms with van der Waals surface area (Å²) in [5, 5.41) is 2.90. The molecular weight excluding hydrogens is 266 g/mol. The summed E-state index contributed by atoms with van der Waals surface area (Å²) in [6.07, 6.45) is 0.797. The lowest BCUT2D eigenvalue weighted by atomic mass is 10.1. The maximum atomic E-state index is 12.2. The SMILES string of the molecule is COc1ccc(C(=O)NCCc2ccccc2)c(OC)c1. The lowest BCUT2D eigenvalue weighted by Gasteiger charge is -2.10. The fourth-order valence-corrected chi connectivity index (χ4v) is 2.05. The van der Waals surface area contributed by atoms with Crippen LogP contribution in [0.2, 0.25) is 0 Å². The molecule has 4 nitrogen and oxygen atoms in total. The molecular formula is C17H19NO3. The molecule has 0 radical (unpaired) electrons. The molecule has 0 aliphatic heterocycles. The van der Waals surface area contributed by atoms with Crippen molar-refractivity contribution in [3.05, 3.63) is 59.7 Å². The molecule has 2 rings (SSSR count). The third-order valence-electron chi connectivity index (χ3n) is 3.20. The van der Waals surface area contributed by atoms with Gasteiger partial charge in [-0.1, -0.05) is 30.3 Å². The van der Waals surface area contributed by atoms with Crippen LogP contribution in [0.3, 0.4) is 0 Å². The molecule has 2 aromatic carbocycles. The molecule has 1 amide bonds. The monoisotopic (exact) mass is 285 g/mol. The Balaban J connectivity index is 1.97. The summed E-state index contributed by atoms with van der Waals surface area (Å²) in [6.45, 7) is 0.581. The van der Waals surface area contributed by atoms with Crippen molar-refractivity contribution in [1.82, 2.24) is 5.32 Å². The topological polar surface area (TPSA) is 47.6 Å². The van der Waals surface area contributed by atoms with Crippen LogP contribution in [0, 0.1) is 0 Å². The van der Waals surface area contributed by atoms with Gasteiger partial charge in [0.1, 0.15) is 11.5 Å². The summed E-state index contributed by atoms with van der Waals surface area (Å²) in [4.78, 5) is 12.2. The number of ether oxygens (including phenoxy) is 2. The minimum Gasteiger partial charge on any atom is -0.497 e. The zero-order valence-electron chi connectivity index (χ0n) is 12.3. The molecule has 0 aliphatic rings. The highest BCUT2D eigenvalue weighted by atomic mass is 16.5. The van der Waals surface area contributed by atoms with E-state index in [1.165, 1.54) is 12.7 Å². The van der Waals surface area contributed by atoms with E-state index in [2.05, 4.69) is 5.32 Å². The Hall–Kier alpha value is -2.49. The van der Waals surface area contributed by atoms with E-state index in [9.17, 15) is 4.79 Å². The van der Waals surface area contributed by atoms with Gasteiger partial charge in [-0.25, -0.2) is 0 Å². The van der Waals surface area contributed by atoms with Crippen LogP contribution in [0.25, 0.3) is 0 Å². The van der Waals surface area contributed by atoms with Crippen LogP contribution in [0.1, 0.15) is 15.9 Å². The van der Waals surface area contributed by atoms with Gasteiger partial charge >= 0.3 is 0 Å². The Morgan fingerprint density at radius 3 is 2.48 bits per heavy atom. The molecule has 0 fully saturated rings. The molecule has 0 aromatic heterocycles. The molecule has 0 unspecified atom stereocenters. The highest BCUT2D eigenvalue weighted by Gasteiger charge is 2.12. The minimum absolute atomic E-state index is 0.148. The normalized spacial score (nSPS) is 10.0. The summed E-state index contributed by atoms with van der Waals surface area (Å²) in [6, 6.07) is 15.2. The molecule has 1 N–H and O–H groups in total. The Bertz CT molecular complexity index is 596. The first-order valence-corrected chi connectivity index (χ1v) is 6.78. The van der Waals surface area contributed by atoms with E-state index in [-0.39, 0.29) is 5.91 Å². The van der Waals surface area contributed by atoms with Gasteiger partial charge in [0, 0.05) is 12.6 Å². The zero-order chi connectivity index (χ0) is 15.1. The quantitative estimate of drug-likeness (QED) is 0.887. The molecule has 4 heteroatoms. The van der Waals surface area contributed by atoms with Crippen molar-refractivity contribution in [2.24, 2.45) is 0 Å². The summed E-state index contributed by atoms with van der Waals surface area (Å²) in [5.41, 5.74) is 1.70. The smallest absolute Gasteiger partial charge is 0.255 e. The predicted molar refractivity (Wildman–Crippen MR) is 82.0 cm³/mol. The zero-order valence-corrected chi connectivity index (χ0v) is 12.3. The minimum atomic E-state index is -0.148. The second-order valence-corrected chi connectivity index (χ2v) is 4.56. The van der Waals surface area contributed by atoms with Gasteiger partial charge in [0.15, 0.2) is 0 Å². The van der Waals surface area contributed by atoms with Crippen molar-refractivity contribution in [3.8, 4) is 11.5 Å². The number of hydrogen-bond acceptors (Lipinski definition) is 3. The van der Waals surface area contributed by atoms with Gasteiger partial charge in [-0.2, -0.15) is 0 Å². The molecule has 0 bridgehead atoms. The molecule has 0 spiro atoms. The van der Waals surface area contributed by atoms with E-state index in [0.29, 0.717) is 23.6 Å². The van der Waals surface area contributed by atoms with E-state index in [1.54, 1.807) is 25.3 Å². The van der Waals surface area contributed by atoms with E-state index in [4.69, 9.17) is 9.47 Å². The Kier molecular flexibility index (Phi) is 5.21. The maximum Gasteiger partial charge on any atom is 0.255 e. The maximum absolute atomic E-state index is 12.2. The fraction of sp³-hybridized carbons (Fsp3) is 0.235. The molecule has 0 aliphatic carbocycles. The van der Waals surface area contributed by atoms with Gasteiger partial charge in [-0.15, -0.1) is 0 Å². The molecule has 110 valence electrons. The van der Waals surface area contributed by atoms with Crippen LogP contribution in [0.15, 0.2) is 48.5 Å². The third-order valence-corrected chi connectivity index (χ3v) is 3.20. The highest BCUT2D eigenvalue weighted by molar-refractivity contribution is 5.97. The Morgan fingerprint density at radius 1 is 1.05 bits per heavy atom. The standard InChI is InChI=1S/C17H19NO3/c1-20-14-8-9-15(16(12-14)21-2)17(19)18-11-10-13-6-4-3-5-7-13/h3-9,12H,10-11H2,1-2H3,(H,18,19).